The first-order valence-corrected chi connectivity index (χ1v) is 9.36. The molecule has 1 saturated heterocycles. The lowest BCUT2D eigenvalue weighted by Crippen LogP contribution is -2.44. The molecule has 0 unspecified atom stereocenters. The molecule has 1 N–H and O–H groups in total. The van der Waals surface area contributed by atoms with E-state index in [1.807, 2.05) is 13.8 Å². The van der Waals surface area contributed by atoms with E-state index in [1.54, 1.807) is 11.0 Å². The van der Waals surface area contributed by atoms with Crippen molar-refractivity contribution >= 4 is 23.5 Å². The monoisotopic (exact) mass is 399 g/mol. The van der Waals surface area contributed by atoms with Gasteiger partial charge >= 0.3 is 5.97 Å². The summed E-state index contributed by atoms with van der Waals surface area (Å²) in [6, 6.07) is 3.05. The van der Waals surface area contributed by atoms with Crippen molar-refractivity contribution in [2.45, 2.75) is 45.3 Å². The highest BCUT2D eigenvalue weighted by molar-refractivity contribution is 6.32. The Bertz CT molecular complexity index is 672. The number of benzene rings is 1. The van der Waals surface area contributed by atoms with E-state index in [0.29, 0.717) is 43.1 Å². The van der Waals surface area contributed by atoms with E-state index in [2.05, 4.69) is 0 Å². The molecule has 7 nitrogen and oxygen atoms in total. The summed E-state index contributed by atoms with van der Waals surface area (Å²) >= 11 is 6.33. The topological polar surface area (TPSA) is 85.3 Å². The summed E-state index contributed by atoms with van der Waals surface area (Å²) in [5.41, 5.74) is 0.338. The SMILES string of the molecule is COc1cc(C(=O)N(CCC(=O)O)C2CCOCC2)cc(Cl)c1OC(C)C. The fraction of sp³-hybridized carbons (Fsp3) is 0.579. The minimum Gasteiger partial charge on any atom is -0.493 e. The molecule has 0 aliphatic carbocycles. The molecule has 1 amide bonds. The zero-order valence-electron chi connectivity index (χ0n) is 15.9. The second kappa shape index (κ2) is 9.80. The largest absolute Gasteiger partial charge is 0.493 e. The molecule has 1 heterocycles. The second-order valence-electron chi connectivity index (χ2n) is 6.64. The molecule has 0 spiro atoms. The van der Waals surface area contributed by atoms with Gasteiger partial charge in [0.15, 0.2) is 11.5 Å². The first-order valence-electron chi connectivity index (χ1n) is 8.98. The average molecular weight is 400 g/mol. The van der Waals surface area contributed by atoms with Gasteiger partial charge in [-0.15, -0.1) is 0 Å². The molecule has 1 aliphatic heterocycles. The molecule has 150 valence electrons. The quantitative estimate of drug-likeness (QED) is 0.722. The van der Waals surface area contributed by atoms with Crippen molar-refractivity contribution in [2.24, 2.45) is 0 Å². The predicted molar refractivity (Wildman–Crippen MR) is 101 cm³/mol. The van der Waals surface area contributed by atoms with Gasteiger partial charge in [0, 0.05) is 31.4 Å². The third-order valence-electron chi connectivity index (χ3n) is 4.29. The lowest BCUT2D eigenvalue weighted by Gasteiger charge is -2.34. The van der Waals surface area contributed by atoms with Crippen LogP contribution >= 0.6 is 11.6 Å². The smallest absolute Gasteiger partial charge is 0.305 e. The molecule has 0 atom stereocenters. The van der Waals surface area contributed by atoms with Crippen molar-refractivity contribution in [1.82, 2.24) is 4.90 Å². The number of halogens is 1. The second-order valence-corrected chi connectivity index (χ2v) is 7.05. The number of methoxy groups -OCH3 is 1. The van der Waals surface area contributed by atoms with Gasteiger partial charge in [0.25, 0.3) is 5.91 Å². The van der Waals surface area contributed by atoms with Crippen molar-refractivity contribution in [3.8, 4) is 11.5 Å². The van der Waals surface area contributed by atoms with E-state index >= 15 is 0 Å². The van der Waals surface area contributed by atoms with Gasteiger partial charge < -0.3 is 24.2 Å². The number of carboxylic acids is 1. The van der Waals surface area contributed by atoms with Gasteiger partial charge in [-0.3, -0.25) is 9.59 Å². The number of aliphatic carboxylic acids is 1. The number of ether oxygens (including phenoxy) is 3. The lowest BCUT2D eigenvalue weighted by atomic mass is 10.0. The Hall–Kier alpha value is -1.99. The normalized spacial score (nSPS) is 14.9. The number of carboxylic acid groups (broad SMARTS) is 1. The van der Waals surface area contributed by atoms with E-state index in [9.17, 15) is 9.59 Å². The minimum atomic E-state index is -0.948. The van der Waals surface area contributed by atoms with Crippen molar-refractivity contribution in [1.29, 1.82) is 0 Å². The highest BCUT2D eigenvalue weighted by Crippen LogP contribution is 2.37. The first kappa shape index (κ1) is 21.3. The molecular formula is C19H26ClNO6. The molecule has 1 aliphatic rings. The van der Waals surface area contributed by atoms with Gasteiger partial charge in [-0.1, -0.05) is 11.6 Å². The van der Waals surface area contributed by atoms with Crippen LogP contribution in [0, 0.1) is 0 Å². The molecule has 0 radical (unpaired) electrons. The van der Waals surface area contributed by atoms with Crippen LogP contribution < -0.4 is 9.47 Å². The van der Waals surface area contributed by atoms with Crippen LogP contribution in [0.2, 0.25) is 5.02 Å². The summed E-state index contributed by atoms with van der Waals surface area (Å²) in [7, 11) is 1.48. The van der Waals surface area contributed by atoms with E-state index in [-0.39, 0.29) is 36.0 Å². The van der Waals surface area contributed by atoms with Gasteiger partial charge in [0.1, 0.15) is 0 Å². The summed E-state index contributed by atoms with van der Waals surface area (Å²) < 4.78 is 16.4. The molecule has 0 aromatic heterocycles. The maximum Gasteiger partial charge on any atom is 0.305 e. The predicted octanol–water partition coefficient (Wildman–Crippen LogP) is 3.23. The summed E-state index contributed by atoms with van der Waals surface area (Å²) in [5.74, 6) is -0.478. The van der Waals surface area contributed by atoms with Crippen molar-refractivity contribution in [3.63, 3.8) is 0 Å². The van der Waals surface area contributed by atoms with Crippen LogP contribution in [0.15, 0.2) is 12.1 Å². The third kappa shape index (κ3) is 5.74. The first-order chi connectivity index (χ1) is 12.8. The number of rotatable bonds is 8. The van der Waals surface area contributed by atoms with Crippen LogP contribution in [0.4, 0.5) is 0 Å². The fourth-order valence-corrected chi connectivity index (χ4v) is 3.28. The summed E-state index contributed by atoms with van der Waals surface area (Å²) in [6.07, 6.45) is 1.12. The van der Waals surface area contributed by atoms with Crippen LogP contribution in [-0.4, -0.2) is 60.9 Å². The Kier molecular flexibility index (Phi) is 7.74. The minimum absolute atomic E-state index is 0.0676. The van der Waals surface area contributed by atoms with E-state index < -0.39 is 5.97 Å². The fourth-order valence-electron chi connectivity index (χ4n) is 3.02. The molecule has 0 saturated carbocycles. The van der Waals surface area contributed by atoms with Gasteiger partial charge in [-0.05, 0) is 38.8 Å². The van der Waals surface area contributed by atoms with Gasteiger partial charge in [-0.25, -0.2) is 0 Å². The Balaban J connectivity index is 2.32. The lowest BCUT2D eigenvalue weighted by molar-refractivity contribution is -0.137. The van der Waals surface area contributed by atoms with E-state index in [0.717, 1.165) is 0 Å². The van der Waals surface area contributed by atoms with Crippen LogP contribution in [0.25, 0.3) is 0 Å². The number of carbonyl (C=O) groups is 2. The number of hydrogen-bond acceptors (Lipinski definition) is 5. The molecule has 8 heteroatoms. The Morgan fingerprint density at radius 3 is 2.56 bits per heavy atom. The van der Waals surface area contributed by atoms with Gasteiger partial charge in [0.2, 0.25) is 0 Å². The highest BCUT2D eigenvalue weighted by atomic mass is 35.5. The average Bonchev–Trinajstić information content (AvgIpc) is 2.63. The molecule has 2 rings (SSSR count). The number of hydrogen-bond donors (Lipinski definition) is 1. The van der Waals surface area contributed by atoms with Crippen molar-refractivity contribution in [2.75, 3.05) is 26.9 Å². The molecule has 1 fully saturated rings. The molecule has 1 aromatic carbocycles. The summed E-state index contributed by atoms with van der Waals surface area (Å²) in [6.45, 7) is 4.96. The van der Waals surface area contributed by atoms with Crippen molar-refractivity contribution < 1.29 is 28.9 Å². The molecule has 0 bridgehead atoms. The number of amides is 1. The highest BCUT2D eigenvalue weighted by Gasteiger charge is 2.28. The molecule has 1 aromatic rings. The van der Waals surface area contributed by atoms with Crippen LogP contribution in [0.5, 0.6) is 11.5 Å². The zero-order valence-corrected chi connectivity index (χ0v) is 16.6. The van der Waals surface area contributed by atoms with Crippen LogP contribution in [0.3, 0.4) is 0 Å². The maximum absolute atomic E-state index is 13.1. The Morgan fingerprint density at radius 2 is 2.00 bits per heavy atom. The summed E-state index contributed by atoms with van der Waals surface area (Å²) in [4.78, 5) is 25.8. The standard InChI is InChI=1S/C19H26ClNO6/c1-12(2)27-18-15(20)10-13(11-16(18)25-3)19(24)21(7-4-17(22)23)14-5-8-26-9-6-14/h10-12,14H,4-9H2,1-3H3,(H,22,23). The summed E-state index contributed by atoms with van der Waals surface area (Å²) in [5, 5.41) is 9.31. The van der Waals surface area contributed by atoms with Crippen LogP contribution in [-0.2, 0) is 9.53 Å². The third-order valence-corrected chi connectivity index (χ3v) is 4.57. The number of nitrogens with zero attached hydrogens (tertiary/aromatic N) is 1. The zero-order chi connectivity index (χ0) is 20.0. The van der Waals surface area contributed by atoms with Gasteiger partial charge in [0.05, 0.1) is 24.7 Å². The van der Waals surface area contributed by atoms with Crippen molar-refractivity contribution in [3.05, 3.63) is 22.7 Å². The van der Waals surface area contributed by atoms with E-state index in [1.165, 1.54) is 13.2 Å². The number of carbonyl (C=O) groups excluding carboxylic acids is 1. The van der Waals surface area contributed by atoms with Gasteiger partial charge in [-0.2, -0.15) is 0 Å². The maximum atomic E-state index is 13.1. The molecule has 27 heavy (non-hydrogen) atoms. The van der Waals surface area contributed by atoms with Crippen LogP contribution in [0.1, 0.15) is 43.5 Å². The molecular weight excluding hydrogens is 374 g/mol. The Labute approximate surface area is 164 Å². The van der Waals surface area contributed by atoms with E-state index in [4.69, 9.17) is 30.9 Å². The Morgan fingerprint density at radius 1 is 1.33 bits per heavy atom.